The van der Waals surface area contributed by atoms with E-state index in [1.54, 1.807) is 13.2 Å². The number of para-hydroxylation sites is 1. The van der Waals surface area contributed by atoms with Gasteiger partial charge < -0.3 is 25.0 Å². The molecule has 0 aromatic heterocycles. The second-order valence-electron chi connectivity index (χ2n) is 7.27. The van der Waals surface area contributed by atoms with Crippen molar-refractivity contribution < 1.29 is 9.84 Å². The van der Waals surface area contributed by atoms with Gasteiger partial charge >= 0.3 is 0 Å². The van der Waals surface area contributed by atoms with Crippen LogP contribution in [-0.2, 0) is 6.42 Å². The fourth-order valence-electron chi connectivity index (χ4n) is 3.64. The standard InChI is InChI=1S/C23H32N4O2/c1-4-24-23(25-12-11-19-8-6-10-21(29-3)22(19)28)27-15-13-26(14-16-27)20-9-5-7-18(2)17-20/h5-10,17,28H,4,11-16H2,1-3H3,(H,24,25). The van der Waals surface area contributed by atoms with Crippen LogP contribution in [0.3, 0.4) is 0 Å². The Morgan fingerprint density at radius 1 is 1.14 bits per heavy atom. The summed E-state index contributed by atoms with van der Waals surface area (Å²) >= 11 is 0. The number of hydrogen-bond donors (Lipinski definition) is 2. The molecule has 6 heteroatoms. The minimum Gasteiger partial charge on any atom is -0.504 e. The van der Waals surface area contributed by atoms with Crippen LogP contribution >= 0.6 is 0 Å². The number of phenols is 1. The molecule has 0 spiro atoms. The lowest BCUT2D eigenvalue weighted by Gasteiger charge is -2.37. The van der Waals surface area contributed by atoms with Crippen molar-refractivity contribution in [1.29, 1.82) is 0 Å². The summed E-state index contributed by atoms with van der Waals surface area (Å²) in [6.45, 7) is 9.49. The minimum absolute atomic E-state index is 0.210. The first-order valence-electron chi connectivity index (χ1n) is 10.3. The van der Waals surface area contributed by atoms with Crippen LogP contribution in [0, 0.1) is 6.92 Å². The van der Waals surface area contributed by atoms with Crippen molar-refractivity contribution in [3.8, 4) is 11.5 Å². The third-order valence-electron chi connectivity index (χ3n) is 5.23. The molecule has 1 saturated heterocycles. The van der Waals surface area contributed by atoms with Crippen LogP contribution in [0.5, 0.6) is 11.5 Å². The Labute approximate surface area is 173 Å². The highest BCUT2D eigenvalue weighted by Crippen LogP contribution is 2.29. The van der Waals surface area contributed by atoms with Crippen LogP contribution in [0.25, 0.3) is 0 Å². The van der Waals surface area contributed by atoms with Gasteiger partial charge in [-0.3, -0.25) is 4.99 Å². The lowest BCUT2D eigenvalue weighted by molar-refractivity contribution is 0.369. The van der Waals surface area contributed by atoms with Gasteiger partial charge in [-0.2, -0.15) is 0 Å². The topological polar surface area (TPSA) is 60.3 Å². The predicted molar refractivity (Wildman–Crippen MR) is 119 cm³/mol. The van der Waals surface area contributed by atoms with E-state index in [1.165, 1.54) is 11.3 Å². The Morgan fingerprint density at radius 2 is 1.90 bits per heavy atom. The summed E-state index contributed by atoms with van der Waals surface area (Å²) in [5, 5.41) is 13.7. The van der Waals surface area contributed by atoms with Gasteiger partial charge in [0.2, 0.25) is 0 Å². The van der Waals surface area contributed by atoms with Gasteiger partial charge in [-0.05, 0) is 49.6 Å². The fourth-order valence-corrected chi connectivity index (χ4v) is 3.64. The van der Waals surface area contributed by atoms with Gasteiger partial charge in [-0.15, -0.1) is 0 Å². The summed E-state index contributed by atoms with van der Waals surface area (Å²) in [5.41, 5.74) is 3.44. The number of piperazine rings is 1. The number of anilines is 1. The predicted octanol–water partition coefficient (Wildman–Crippen LogP) is 3.04. The highest BCUT2D eigenvalue weighted by molar-refractivity contribution is 5.80. The zero-order chi connectivity index (χ0) is 20.6. The Morgan fingerprint density at radius 3 is 2.59 bits per heavy atom. The SMILES string of the molecule is CCNC(=NCCc1cccc(OC)c1O)N1CCN(c2cccc(C)c2)CC1. The van der Waals surface area contributed by atoms with Gasteiger partial charge in [0.1, 0.15) is 0 Å². The summed E-state index contributed by atoms with van der Waals surface area (Å²) in [6.07, 6.45) is 0.668. The number of nitrogens with zero attached hydrogens (tertiary/aromatic N) is 3. The van der Waals surface area contributed by atoms with Gasteiger partial charge in [0.15, 0.2) is 17.5 Å². The quantitative estimate of drug-likeness (QED) is 0.581. The number of nitrogens with one attached hydrogen (secondary N) is 1. The van der Waals surface area contributed by atoms with Crippen LogP contribution in [0.4, 0.5) is 5.69 Å². The number of phenolic OH excluding ortho intramolecular Hbond substituents is 1. The number of aryl methyl sites for hydroxylation is 1. The van der Waals surface area contributed by atoms with E-state index in [0.29, 0.717) is 18.7 Å². The molecule has 0 unspecified atom stereocenters. The molecule has 0 radical (unpaired) electrons. The maximum absolute atomic E-state index is 10.3. The van der Waals surface area contributed by atoms with Crippen molar-refractivity contribution in [3.05, 3.63) is 53.6 Å². The molecule has 2 aromatic carbocycles. The number of aromatic hydroxyl groups is 1. The first-order valence-corrected chi connectivity index (χ1v) is 10.3. The van der Waals surface area contributed by atoms with Gasteiger partial charge in [-0.25, -0.2) is 0 Å². The molecule has 3 rings (SSSR count). The molecule has 2 N–H and O–H groups in total. The molecule has 29 heavy (non-hydrogen) atoms. The lowest BCUT2D eigenvalue weighted by Crippen LogP contribution is -2.52. The minimum atomic E-state index is 0.210. The first kappa shape index (κ1) is 20.8. The number of aliphatic imine (C=N–C) groups is 1. The lowest BCUT2D eigenvalue weighted by atomic mass is 10.1. The second kappa shape index (κ2) is 10.0. The Kier molecular flexibility index (Phi) is 7.22. The van der Waals surface area contributed by atoms with Crippen molar-refractivity contribution in [3.63, 3.8) is 0 Å². The molecule has 0 atom stereocenters. The number of methoxy groups -OCH3 is 1. The molecule has 2 aromatic rings. The van der Waals surface area contributed by atoms with Gasteiger partial charge in [0, 0.05) is 45.0 Å². The van der Waals surface area contributed by atoms with Crippen LogP contribution < -0.4 is 15.0 Å². The average molecular weight is 397 g/mol. The molecule has 0 aliphatic carbocycles. The monoisotopic (exact) mass is 396 g/mol. The third kappa shape index (κ3) is 5.34. The van der Waals surface area contributed by atoms with Crippen LogP contribution in [0.2, 0.25) is 0 Å². The second-order valence-corrected chi connectivity index (χ2v) is 7.27. The Hall–Kier alpha value is -2.89. The summed E-state index contributed by atoms with van der Waals surface area (Å²) in [7, 11) is 1.57. The summed E-state index contributed by atoms with van der Waals surface area (Å²) in [6, 6.07) is 14.3. The van der Waals surface area contributed by atoms with E-state index in [2.05, 4.69) is 53.2 Å². The molecular formula is C23H32N4O2. The van der Waals surface area contributed by atoms with E-state index in [-0.39, 0.29) is 5.75 Å². The number of guanidine groups is 1. The van der Waals surface area contributed by atoms with Crippen LogP contribution in [0.1, 0.15) is 18.1 Å². The zero-order valence-electron chi connectivity index (χ0n) is 17.7. The Balaban J connectivity index is 1.60. The van der Waals surface area contributed by atoms with E-state index in [4.69, 9.17) is 9.73 Å². The van der Waals surface area contributed by atoms with Crippen LogP contribution in [-0.4, -0.2) is 62.3 Å². The highest BCUT2D eigenvalue weighted by atomic mass is 16.5. The van der Waals surface area contributed by atoms with Crippen molar-refractivity contribution in [2.75, 3.05) is 51.3 Å². The summed E-state index contributed by atoms with van der Waals surface area (Å²) < 4.78 is 5.19. The summed E-state index contributed by atoms with van der Waals surface area (Å²) in [5.74, 6) is 1.66. The fraction of sp³-hybridized carbons (Fsp3) is 0.435. The molecule has 1 aliphatic rings. The molecule has 156 valence electrons. The number of hydrogen-bond acceptors (Lipinski definition) is 4. The van der Waals surface area contributed by atoms with E-state index in [1.807, 2.05) is 12.1 Å². The highest BCUT2D eigenvalue weighted by Gasteiger charge is 2.20. The molecule has 6 nitrogen and oxygen atoms in total. The zero-order valence-corrected chi connectivity index (χ0v) is 17.7. The third-order valence-corrected chi connectivity index (χ3v) is 5.23. The van der Waals surface area contributed by atoms with Crippen LogP contribution in [0.15, 0.2) is 47.5 Å². The van der Waals surface area contributed by atoms with Crippen molar-refractivity contribution >= 4 is 11.6 Å². The normalized spacial score (nSPS) is 14.8. The molecule has 0 amide bonds. The van der Waals surface area contributed by atoms with E-state index in [9.17, 15) is 5.11 Å². The number of rotatable bonds is 6. The largest absolute Gasteiger partial charge is 0.504 e. The molecule has 0 bridgehead atoms. The molecule has 1 heterocycles. The van der Waals surface area contributed by atoms with E-state index < -0.39 is 0 Å². The van der Waals surface area contributed by atoms with Crippen molar-refractivity contribution in [1.82, 2.24) is 10.2 Å². The molecular weight excluding hydrogens is 364 g/mol. The maximum Gasteiger partial charge on any atom is 0.194 e. The smallest absolute Gasteiger partial charge is 0.194 e. The first-order chi connectivity index (χ1) is 14.1. The average Bonchev–Trinajstić information content (AvgIpc) is 2.74. The Bertz CT molecular complexity index is 829. The molecule has 0 saturated carbocycles. The van der Waals surface area contributed by atoms with Gasteiger partial charge in [0.25, 0.3) is 0 Å². The summed E-state index contributed by atoms with van der Waals surface area (Å²) in [4.78, 5) is 9.55. The molecule has 1 aliphatic heterocycles. The van der Waals surface area contributed by atoms with Crippen molar-refractivity contribution in [2.24, 2.45) is 4.99 Å². The number of ether oxygens (including phenoxy) is 1. The van der Waals surface area contributed by atoms with Gasteiger partial charge in [0.05, 0.1) is 7.11 Å². The van der Waals surface area contributed by atoms with E-state index in [0.717, 1.165) is 44.2 Å². The van der Waals surface area contributed by atoms with Crippen molar-refractivity contribution in [2.45, 2.75) is 20.3 Å². The maximum atomic E-state index is 10.3. The number of benzene rings is 2. The van der Waals surface area contributed by atoms with E-state index >= 15 is 0 Å². The van der Waals surface area contributed by atoms with Gasteiger partial charge in [-0.1, -0.05) is 24.3 Å². The molecule has 1 fully saturated rings.